The van der Waals surface area contributed by atoms with Gasteiger partial charge in [0.15, 0.2) is 0 Å². The third kappa shape index (κ3) is 4.50. The van der Waals surface area contributed by atoms with Crippen LogP contribution in [0.15, 0.2) is 36.5 Å². The first-order chi connectivity index (χ1) is 14.9. The first kappa shape index (κ1) is 21.5. The van der Waals surface area contributed by atoms with E-state index >= 15 is 0 Å². The number of carbonyl (C=O) groups is 1. The highest BCUT2D eigenvalue weighted by molar-refractivity contribution is 7.11. The molecule has 1 amide bonds. The number of aliphatic hydroxyl groups is 1. The van der Waals surface area contributed by atoms with Crippen molar-refractivity contribution in [3.8, 4) is 5.75 Å². The molecular formula is C23H28N4O3S. The molecule has 1 saturated heterocycles. The van der Waals surface area contributed by atoms with E-state index < -0.39 is 5.60 Å². The lowest BCUT2D eigenvalue weighted by Gasteiger charge is -2.24. The number of likely N-dealkylation sites (tertiary alicyclic amines) is 1. The van der Waals surface area contributed by atoms with Gasteiger partial charge in [0, 0.05) is 32.3 Å². The molecule has 1 fully saturated rings. The van der Waals surface area contributed by atoms with E-state index in [0.717, 1.165) is 28.4 Å². The van der Waals surface area contributed by atoms with Gasteiger partial charge in [0.1, 0.15) is 23.0 Å². The summed E-state index contributed by atoms with van der Waals surface area (Å²) in [6.45, 7) is 5.37. The number of rotatable bonds is 5. The monoisotopic (exact) mass is 440 g/mol. The topological polar surface area (TPSA) is 80.5 Å². The van der Waals surface area contributed by atoms with Crippen molar-refractivity contribution in [1.29, 1.82) is 0 Å². The molecule has 8 heteroatoms. The first-order valence-electron chi connectivity index (χ1n) is 10.5. The molecule has 0 bridgehead atoms. The number of ether oxygens (including phenoxy) is 1. The van der Waals surface area contributed by atoms with Crippen molar-refractivity contribution in [3.63, 3.8) is 0 Å². The van der Waals surface area contributed by atoms with Gasteiger partial charge >= 0.3 is 0 Å². The minimum Gasteiger partial charge on any atom is -0.488 e. The van der Waals surface area contributed by atoms with Gasteiger partial charge in [-0.15, -0.1) is 11.3 Å². The summed E-state index contributed by atoms with van der Waals surface area (Å²) >= 11 is 1.50. The summed E-state index contributed by atoms with van der Waals surface area (Å²) in [7, 11) is 1.83. The van der Waals surface area contributed by atoms with Gasteiger partial charge in [-0.1, -0.05) is 18.2 Å². The van der Waals surface area contributed by atoms with Gasteiger partial charge in [-0.3, -0.25) is 9.48 Å². The molecule has 3 heterocycles. The van der Waals surface area contributed by atoms with E-state index in [1.54, 1.807) is 10.9 Å². The summed E-state index contributed by atoms with van der Waals surface area (Å²) in [5.41, 5.74) is 1.33. The number of thiazole rings is 1. The molecule has 1 aromatic carbocycles. The Morgan fingerprint density at radius 2 is 2.00 bits per heavy atom. The quantitative estimate of drug-likeness (QED) is 0.656. The van der Waals surface area contributed by atoms with Crippen molar-refractivity contribution in [1.82, 2.24) is 19.7 Å². The van der Waals surface area contributed by atoms with E-state index in [-0.39, 0.29) is 5.91 Å². The summed E-state index contributed by atoms with van der Waals surface area (Å²) in [5.74, 6) is 0.784. The predicted molar refractivity (Wildman–Crippen MR) is 119 cm³/mol. The van der Waals surface area contributed by atoms with E-state index in [4.69, 9.17) is 4.74 Å². The van der Waals surface area contributed by atoms with Crippen LogP contribution in [0.1, 0.15) is 50.9 Å². The number of hydrogen-bond acceptors (Lipinski definition) is 6. The Morgan fingerprint density at radius 3 is 2.71 bits per heavy atom. The minimum absolute atomic E-state index is 0.0258. The summed E-state index contributed by atoms with van der Waals surface area (Å²) in [4.78, 5) is 20.5. The maximum absolute atomic E-state index is 13.0. The molecule has 3 aromatic rings. The van der Waals surface area contributed by atoms with Crippen molar-refractivity contribution < 1.29 is 14.6 Å². The van der Waals surface area contributed by atoms with Gasteiger partial charge in [0.25, 0.3) is 5.91 Å². The molecule has 31 heavy (non-hydrogen) atoms. The normalized spacial score (nSPS) is 19.3. The lowest BCUT2D eigenvalue weighted by atomic mass is 9.96. The zero-order chi connectivity index (χ0) is 22.0. The predicted octanol–water partition coefficient (Wildman–Crippen LogP) is 3.59. The van der Waals surface area contributed by atoms with Gasteiger partial charge in [-0.05, 0) is 38.8 Å². The van der Waals surface area contributed by atoms with Crippen molar-refractivity contribution in [2.75, 3.05) is 13.1 Å². The van der Waals surface area contributed by atoms with Gasteiger partial charge in [-0.25, -0.2) is 4.98 Å². The molecule has 0 unspecified atom stereocenters. The number of para-hydroxylation sites is 1. The van der Waals surface area contributed by atoms with E-state index in [1.165, 1.54) is 11.3 Å². The molecular weight excluding hydrogens is 412 g/mol. The number of aromatic nitrogens is 3. The van der Waals surface area contributed by atoms with E-state index in [2.05, 4.69) is 10.1 Å². The second kappa shape index (κ2) is 8.80. The molecule has 4 rings (SSSR count). The summed E-state index contributed by atoms with van der Waals surface area (Å²) in [6, 6.07) is 9.68. The van der Waals surface area contributed by atoms with Crippen LogP contribution in [-0.4, -0.2) is 43.8 Å². The second-order valence-electron chi connectivity index (χ2n) is 8.07. The molecule has 0 saturated carbocycles. The van der Waals surface area contributed by atoms with Crippen LogP contribution in [0.25, 0.3) is 0 Å². The van der Waals surface area contributed by atoms with Crippen LogP contribution in [0.4, 0.5) is 0 Å². The first-order valence-corrected chi connectivity index (χ1v) is 11.3. The number of amides is 1. The maximum atomic E-state index is 13.0. The highest BCUT2D eigenvalue weighted by Gasteiger charge is 2.37. The average molecular weight is 441 g/mol. The molecule has 164 valence electrons. The second-order valence-corrected chi connectivity index (χ2v) is 9.16. The molecule has 1 N–H and O–H groups in total. The largest absolute Gasteiger partial charge is 0.488 e. The Kier molecular flexibility index (Phi) is 6.11. The summed E-state index contributed by atoms with van der Waals surface area (Å²) in [6.07, 6.45) is 3.38. The van der Waals surface area contributed by atoms with Crippen LogP contribution in [0.2, 0.25) is 0 Å². The smallest absolute Gasteiger partial charge is 0.257 e. The van der Waals surface area contributed by atoms with Crippen molar-refractivity contribution in [2.45, 2.75) is 45.3 Å². The van der Waals surface area contributed by atoms with Crippen molar-refractivity contribution in [3.05, 3.63) is 63.4 Å². The Labute approximate surface area is 186 Å². The van der Waals surface area contributed by atoms with Crippen molar-refractivity contribution >= 4 is 17.2 Å². The zero-order valence-corrected chi connectivity index (χ0v) is 19.0. The number of carbonyl (C=O) groups excluding carboxylic acids is 1. The highest BCUT2D eigenvalue weighted by atomic mass is 32.1. The molecule has 0 spiro atoms. The van der Waals surface area contributed by atoms with Gasteiger partial charge in [-0.2, -0.15) is 5.10 Å². The molecule has 7 nitrogen and oxygen atoms in total. The molecule has 0 radical (unpaired) electrons. The highest BCUT2D eigenvalue weighted by Crippen LogP contribution is 2.37. The third-order valence-electron chi connectivity index (χ3n) is 5.97. The zero-order valence-electron chi connectivity index (χ0n) is 18.2. The standard InChI is InChI=1S/C23H28N4O3S/c1-16-20(15-30-18-8-5-4-6-9-18)31-22(25-16)23(29)10-7-12-27(13-11-23)21(28)19-14-24-26(3)17(19)2/h4-6,8-9,14,29H,7,10-13,15H2,1-3H3/t23-/m0/s1. The van der Waals surface area contributed by atoms with Gasteiger partial charge < -0.3 is 14.7 Å². The molecule has 1 atom stereocenters. The Hall–Kier alpha value is -2.71. The van der Waals surface area contributed by atoms with Crippen LogP contribution >= 0.6 is 11.3 Å². The fourth-order valence-corrected chi connectivity index (χ4v) is 4.96. The SMILES string of the molecule is Cc1nc([C@]2(O)CCCN(C(=O)c3cnn(C)c3C)CC2)sc1COc1ccccc1. The number of benzene rings is 1. The summed E-state index contributed by atoms with van der Waals surface area (Å²) < 4.78 is 7.58. The molecule has 1 aliphatic rings. The van der Waals surface area contributed by atoms with Crippen LogP contribution in [-0.2, 0) is 19.3 Å². The molecule has 2 aromatic heterocycles. The third-order valence-corrected chi connectivity index (χ3v) is 7.29. The fraction of sp³-hybridized carbons (Fsp3) is 0.435. The van der Waals surface area contributed by atoms with E-state index in [0.29, 0.717) is 43.1 Å². The average Bonchev–Trinajstić information content (AvgIpc) is 3.23. The fourth-order valence-electron chi connectivity index (χ4n) is 3.84. The van der Waals surface area contributed by atoms with Crippen LogP contribution in [0.3, 0.4) is 0 Å². The Balaban J connectivity index is 1.45. The lowest BCUT2D eigenvalue weighted by molar-refractivity contribution is 0.0209. The van der Waals surface area contributed by atoms with E-state index in [1.807, 2.05) is 56.1 Å². The molecule has 1 aliphatic heterocycles. The van der Waals surface area contributed by atoms with Gasteiger partial charge in [0.2, 0.25) is 0 Å². The maximum Gasteiger partial charge on any atom is 0.257 e. The van der Waals surface area contributed by atoms with Crippen LogP contribution in [0, 0.1) is 13.8 Å². The number of hydrogen-bond donors (Lipinski definition) is 1. The minimum atomic E-state index is -1.03. The lowest BCUT2D eigenvalue weighted by Crippen LogP contribution is -2.34. The van der Waals surface area contributed by atoms with Crippen LogP contribution in [0.5, 0.6) is 5.75 Å². The Bertz CT molecular complexity index is 1060. The molecule has 0 aliphatic carbocycles. The van der Waals surface area contributed by atoms with Gasteiger partial charge in [0.05, 0.1) is 22.3 Å². The van der Waals surface area contributed by atoms with Crippen LogP contribution < -0.4 is 4.74 Å². The Morgan fingerprint density at radius 1 is 1.23 bits per heavy atom. The number of nitrogens with zero attached hydrogens (tertiary/aromatic N) is 4. The summed E-state index contributed by atoms with van der Waals surface area (Å²) in [5, 5.41) is 16.3. The van der Waals surface area contributed by atoms with E-state index in [9.17, 15) is 9.90 Å². The number of aryl methyl sites for hydroxylation is 2. The van der Waals surface area contributed by atoms with Crippen molar-refractivity contribution in [2.24, 2.45) is 7.05 Å².